The van der Waals surface area contributed by atoms with Crippen LogP contribution in [0.4, 0.5) is 0 Å². The molecule has 0 aromatic heterocycles. The van der Waals surface area contributed by atoms with E-state index in [1.807, 2.05) is 23.9 Å². The van der Waals surface area contributed by atoms with Gasteiger partial charge in [0, 0.05) is 10.1 Å². The minimum atomic E-state index is 0.913. The molecule has 0 atom stereocenters. The molecule has 1 saturated carbocycles. The van der Waals surface area contributed by atoms with Crippen molar-refractivity contribution in [1.82, 2.24) is 0 Å². The summed E-state index contributed by atoms with van der Waals surface area (Å²) in [6.07, 6.45) is 2.80. The quantitative estimate of drug-likeness (QED) is 0.623. The Morgan fingerprint density at radius 3 is 3.00 bits per heavy atom. The van der Waals surface area contributed by atoms with Gasteiger partial charge in [-0.15, -0.1) is 11.8 Å². The molecule has 1 heteroatoms. The molecule has 1 radical (unpaired) electrons. The average molecular weight is 149 g/mol. The molecule has 0 unspecified atom stereocenters. The molecule has 0 nitrogen and oxygen atoms in total. The van der Waals surface area contributed by atoms with E-state index in [4.69, 9.17) is 0 Å². The highest BCUT2D eigenvalue weighted by Crippen LogP contribution is 2.38. The van der Waals surface area contributed by atoms with Crippen molar-refractivity contribution in [3.8, 4) is 0 Å². The number of rotatable bonds is 2. The highest BCUT2D eigenvalue weighted by Gasteiger charge is 2.21. The van der Waals surface area contributed by atoms with E-state index in [0.29, 0.717) is 0 Å². The summed E-state index contributed by atoms with van der Waals surface area (Å²) in [6.45, 7) is 0. The standard InChI is InChI=1S/C9H9S/c1-2-4-8(5-3-1)10-9-6-7-9/h1-2,4-5,9H,6-7H2. The van der Waals surface area contributed by atoms with Gasteiger partial charge < -0.3 is 0 Å². The topological polar surface area (TPSA) is 0 Å². The summed E-state index contributed by atoms with van der Waals surface area (Å²) in [7, 11) is 0. The van der Waals surface area contributed by atoms with Crippen LogP contribution in [0.25, 0.3) is 0 Å². The van der Waals surface area contributed by atoms with Gasteiger partial charge in [0.2, 0.25) is 0 Å². The second-order valence-corrected chi connectivity index (χ2v) is 3.93. The lowest BCUT2D eigenvalue weighted by atomic mass is 10.4. The van der Waals surface area contributed by atoms with E-state index >= 15 is 0 Å². The number of hydrogen-bond donors (Lipinski definition) is 0. The molecular weight excluding hydrogens is 140 g/mol. The van der Waals surface area contributed by atoms with E-state index in [9.17, 15) is 0 Å². The minimum Gasteiger partial charge on any atom is -0.123 e. The lowest BCUT2D eigenvalue weighted by Gasteiger charge is -1.95. The SMILES string of the molecule is [c]1cccc(SC2CC2)c1. The van der Waals surface area contributed by atoms with E-state index in [2.05, 4.69) is 18.2 Å². The van der Waals surface area contributed by atoms with Crippen LogP contribution in [0.1, 0.15) is 12.8 Å². The Hall–Kier alpha value is -0.430. The second kappa shape index (κ2) is 2.67. The van der Waals surface area contributed by atoms with Crippen molar-refractivity contribution in [1.29, 1.82) is 0 Å². The first kappa shape index (κ1) is 6.29. The van der Waals surface area contributed by atoms with Crippen molar-refractivity contribution in [3.05, 3.63) is 30.3 Å². The van der Waals surface area contributed by atoms with Crippen molar-refractivity contribution in [3.63, 3.8) is 0 Å². The smallest absolute Gasteiger partial charge is 0.00952 e. The molecule has 0 spiro atoms. The maximum Gasteiger partial charge on any atom is 0.00952 e. The molecule has 10 heavy (non-hydrogen) atoms. The van der Waals surface area contributed by atoms with E-state index in [-0.39, 0.29) is 0 Å². The van der Waals surface area contributed by atoms with Gasteiger partial charge in [0.05, 0.1) is 0 Å². The Morgan fingerprint density at radius 1 is 1.50 bits per heavy atom. The molecular formula is C9H9S. The number of benzene rings is 1. The van der Waals surface area contributed by atoms with Gasteiger partial charge in [-0.25, -0.2) is 0 Å². The molecule has 0 aliphatic heterocycles. The highest BCUT2D eigenvalue weighted by molar-refractivity contribution is 8.00. The second-order valence-electron chi connectivity index (χ2n) is 2.56. The van der Waals surface area contributed by atoms with Crippen molar-refractivity contribution < 1.29 is 0 Å². The molecule has 0 amide bonds. The normalized spacial score (nSPS) is 17.2. The van der Waals surface area contributed by atoms with E-state index in [1.165, 1.54) is 17.7 Å². The van der Waals surface area contributed by atoms with Gasteiger partial charge in [-0.1, -0.05) is 12.1 Å². The maximum atomic E-state index is 3.07. The lowest BCUT2D eigenvalue weighted by Crippen LogP contribution is -1.72. The van der Waals surface area contributed by atoms with E-state index in [1.54, 1.807) is 0 Å². The summed E-state index contributed by atoms with van der Waals surface area (Å²) in [5.74, 6) is 0. The minimum absolute atomic E-state index is 0.913. The van der Waals surface area contributed by atoms with E-state index < -0.39 is 0 Å². The molecule has 1 aliphatic carbocycles. The van der Waals surface area contributed by atoms with Crippen molar-refractivity contribution >= 4 is 11.8 Å². The molecule has 1 fully saturated rings. The summed E-state index contributed by atoms with van der Waals surface area (Å²) in [4.78, 5) is 1.37. The maximum absolute atomic E-state index is 3.07. The summed E-state index contributed by atoms with van der Waals surface area (Å²) in [5, 5.41) is 0.913. The average Bonchev–Trinajstić information content (AvgIpc) is 2.74. The summed E-state index contributed by atoms with van der Waals surface area (Å²) < 4.78 is 0. The van der Waals surface area contributed by atoms with Gasteiger partial charge in [-0.05, 0) is 31.0 Å². The summed E-state index contributed by atoms with van der Waals surface area (Å²) in [5.41, 5.74) is 0. The third-order valence-corrected chi connectivity index (χ3v) is 2.84. The molecule has 0 heterocycles. The molecule has 51 valence electrons. The largest absolute Gasteiger partial charge is 0.123 e. The molecule has 1 aromatic rings. The fourth-order valence-corrected chi connectivity index (χ4v) is 1.88. The third kappa shape index (κ3) is 1.54. The molecule has 1 aliphatic rings. The zero-order chi connectivity index (χ0) is 6.81. The Morgan fingerprint density at radius 2 is 2.40 bits per heavy atom. The Balaban J connectivity index is 2.03. The molecule has 1 aromatic carbocycles. The first-order valence-electron chi connectivity index (χ1n) is 3.58. The van der Waals surface area contributed by atoms with Crippen molar-refractivity contribution in [2.45, 2.75) is 23.0 Å². The molecule has 2 rings (SSSR count). The van der Waals surface area contributed by atoms with Crippen LogP contribution in [0.5, 0.6) is 0 Å². The van der Waals surface area contributed by atoms with Crippen LogP contribution in [-0.4, -0.2) is 5.25 Å². The highest BCUT2D eigenvalue weighted by atomic mass is 32.2. The Bertz CT molecular complexity index is 201. The predicted molar refractivity (Wildman–Crippen MR) is 44.2 cm³/mol. The first-order valence-corrected chi connectivity index (χ1v) is 4.46. The number of thioether (sulfide) groups is 1. The van der Waals surface area contributed by atoms with Gasteiger partial charge >= 0.3 is 0 Å². The van der Waals surface area contributed by atoms with Gasteiger partial charge in [0.1, 0.15) is 0 Å². The molecule has 0 saturated heterocycles. The zero-order valence-corrected chi connectivity index (χ0v) is 6.53. The Kier molecular flexibility index (Phi) is 1.68. The lowest BCUT2D eigenvalue weighted by molar-refractivity contribution is 1.41. The van der Waals surface area contributed by atoms with Gasteiger partial charge in [0.25, 0.3) is 0 Å². The van der Waals surface area contributed by atoms with Gasteiger partial charge in [0.15, 0.2) is 0 Å². The van der Waals surface area contributed by atoms with E-state index in [0.717, 1.165) is 5.25 Å². The van der Waals surface area contributed by atoms with Crippen LogP contribution in [0.2, 0.25) is 0 Å². The van der Waals surface area contributed by atoms with Crippen LogP contribution < -0.4 is 0 Å². The van der Waals surface area contributed by atoms with Crippen LogP contribution in [0.15, 0.2) is 29.2 Å². The number of hydrogen-bond acceptors (Lipinski definition) is 1. The third-order valence-electron chi connectivity index (χ3n) is 1.51. The monoisotopic (exact) mass is 149 g/mol. The van der Waals surface area contributed by atoms with Crippen LogP contribution in [0.3, 0.4) is 0 Å². The fraction of sp³-hybridized carbons (Fsp3) is 0.333. The van der Waals surface area contributed by atoms with Crippen LogP contribution in [-0.2, 0) is 0 Å². The zero-order valence-electron chi connectivity index (χ0n) is 5.71. The Labute approximate surface area is 65.6 Å². The van der Waals surface area contributed by atoms with Crippen molar-refractivity contribution in [2.24, 2.45) is 0 Å². The fourth-order valence-electron chi connectivity index (χ4n) is 0.829. The van der Waals surface area contributed by atoms with Gasteiger partial charge in [-0.3, -0.25) is 0 Å². The molecule has 0 bridgehead atoms. The summed E-state index contributed by atoms with van der Waals surface area (Å²) in [6, 6.07) is 11.3. The predicted octanol–water partition coefficient (Wildman–Crippen LogP) is 2.74. The van der Waals surface area contributed by atoms with Gasteiger partial charge in [-0.2, -0.15) is 0 Å². The summed E-state index contributed by atoms with van der Waals surface area (Å²) >= 11 is 1.98. The molecule has 0 N–H and O–H groups in total. The van der Waals surface area contributed by atoms with Crippen molar-refractivity contribution in [2.75, 3.05) is 0 Å². The first-order chi connectivity index (χ1) is 4.95. The van der Waals surface area contributed by atoms with Crippen LogP contribution in [0, 0.1) is 6.07 Å². The van der Waals surface area contributed by atoms with Crippen LogP contribution >= 0.6 is 11.8 Å².